The van der Waals surface area contributed by atoms with E-state index in [0.717, 1.165) is 39.0 Å². The van der Waals surface area contributed by atoms with Gasteiger partial charge in [0.05, 0.1) is 29.8 Å². The van der Waals surface area contributed by atoms with Crippen molar-refractivity contribution in [3.05, 3.63) is 127 Å². The Morgan fingerprint density at radius 2 is 1.40 bits per heavy atom. The summed E-state index contributed by atoms with van der Waals surface area (Å²) in [6.07, 6.45) is 1.90. The van der Waals surface area contributed by atoms with Crippen LogP contribution in [0.1, 0.15) is 12.0 Å². The molecule has 0 radical (unpaired) electrons. The summed E-state index contributed by atoms with van der Waals surface area (Å²) in [5, 5.41) is 20.0. The van der Waals surface area contributed by atoms with Crippen molar-refractivity contribution in [1.29, 1.82) is 0 Å². The number of hydrogen-bond acceptors (Lipinski definition) is 4. The molecule has 0 aliphatic rings. The summed E-state index contributed by atoms with van der Waals surface area (Å²) >= 11 is 0. The second-order valence-electron chi connectivity index (χ2n) is 9.47. The van der Waals surface area contributed by atoms with Crippen LogP contribution in [0, 0.1) is 0 Å². The number of carbonyl (C=O) groups excluding carboxylic acids is 1. The van der Waals surface area contributed by atoms with Crippen LogP contribution in [0.3, 0.4) is 0 Å². The Labute approximate surface area is 231 Å². The van der Waals surface area contributed by atoms with Crippen molar-refractivity contribution in [2.24, 2.45) is 10.2 Å². The topological polar surface area (TPSA) is 84.8 Å². The zero-order chi connectivity index (χ0) is 27.3. The third kappa shape index (κ3) is 5.05. The third-order valence-electron chi connectivity index (χ3n) is 6.86. The highest BCUT2D eigenvalue weighted by atomic mass is 16.3. The Bertz CT molecular complexity index is 1790. The lowest BCUT2D eigenvalue weighted by Gasteiger charge is -2.10. The first-order valence-corrected chi connectivity index (χ1v) is 13.1. The summed E-state index contributed by atoms with van der Waals surface area (Å²) in [6.45, 7) is 0.868. The minimum atomic E-state index is -0.381. The number of fused-ring (bicyclic) bond motifs is 1. The minimum Gasteiger partial charge on any atom is -0.493 e. The van der Waals surface area contributed by atoms with Gasteiger partial charge < -0.3 is 14.2 Å². The molecule has 7 nitrogen and oxygen atoms in total. The van der Waals surface area contributed by atoms with Gasteiger partial charge >= 0.3 is 0 Å². The van der Waals surface area contributed by atoms with Gasteiger partial charge in [-0.05, 0) is 11.6 Å². The van der Waals surface area contributed by atoms with Crippen LogP contribution >= 0.6 is 0 Å². The van der Waals surface area contributed by atoms with E-state index in [1.807, 2.05) is 120 Å². The molecule has 0 saturated heterocycles. The van der Waals surface area contributed by atoms with Crippen molar-refractivity contribution in [3.63, 3.8) is 0 Å². The first kappa shape index (κ1) is 25.0. The molecular weight excluding hydrogens is 498 g/mol. The van der Waals surface area contributed by atoms with Crippen LogP contribution in [0.25, 0.3) is 33.4 Å². The number of imidazole rings is 1. The maximum atomic E-state index is 12.9. The highest BCUT2D eigenvalue weighted by molar-refractivity contribution is 5.95. The van der Waals surface area contributed by atoms with E-state index in [0.29, 0.717) is 18.8 Å². The number of benzene rings is 4. The second kappa shape index (κ2) is 11.2. The van der Waals surface area contributed by atoms with Crippen molar-refractivity contribution in [2.75, 3.05) is 0 Å². The molecular formula is C33H27N5O2. The molecule has 2 aromatic heterocycles. The van der Waals surface area contributed by atoms with Crippen molar-refractivity contribution in [1.82, 2.24) is 14.1 Å². The Morgan fingerprint density at radius 1 is 0.775 bits per heavy atom. The monoisotopic (exact) mass is 525 g/mol. The third-order valence-corrected chi connectivity index (χ3v) is 6.86. The van der Waals surface area contributed by atoms with E-state index < -0.39 is 0 Å². The molecule has 1 N–H and O–H groups in total. The molecule has 196 valence electrons. The summed E-state index contributed by atoms with van der Waals surface area (Å²) in [7, 11) is 0. The van der Waals surface area contributed by atoms with Gasteiger partial charge in [-0.2, -0.15) is 0 Å². The number of nitrogens with zero attached hydrogens (tertiary/aromatic N) is 5. The Balaban J connectivity index is 1.24. The highest BCUT2D eigenvalue weighted by Crippen LogP contribution is 2.39. The fourth-order valence-electron chi connectivity index (χ4n) is 4.93. The molecule has 0 fully saturated rings. The number of azo groups is 1. The van der Waals surface area contributed by atoms with Gasteiger partial charge in [-0.3, -0.25) is 4.79 Å². The molecule has 6 aromatic rings. The van der Waals surface area contributed by atoms with Crippen molar-refractivity contribution in [2.45, 2.75) is 19.5 Å². The molecule has 0 unspecified atom stereocenters. The number of amides is 1. The van der Waals surface area contributed by atoms with Gasteiger partial charge in [0.2, 0.25) is 5.88 Å². The van der Waals surface area contributed by atoms with Crippen LogP contribution in [0.4, 0.5) is 5.69 Å². The number of aromatic nitrogens is 3. The quantitative estimate of drug-likeness (QED) is 0.207. The van der Waals surface area contributed by atoms with Gasteiger partial charge in [-0.1, -0.05) is 109 Å². The standard InChI is InChI=1S/C33H27N5O2/c39-29(20-21-37-23-34-30(25-14-6-2-7-15-25)32(37)26-16-8-3-9-17-26)35-36-31-27-18-10-11-19-28(27)38(33(31)40)22-24-12-4-1-5-13-24/h1-19,23,40H,20-22H2. The fourth-order valence-corrected chi connectivity index (χ4v) is 4.93. The van der Waals surface area contributed by atoms with Crippen LogP contribution in [0.15, 0.2) is 132 Å². The summed E-state index contributed by atoms with van der Waals surface area (Å²) in [5.74, 6) is -0.400. The van der Waals surface area contributed by atoms with Crippen LogP contribution in [0.2, 0.25) is 0 Å². The molecule has 0 bridgehead atoms. The average molecular weight is 526 g/mol. The lowest BCUT2D eigenvalue weighted by Crippen LogP contribution is -2.04. The highest BCUT2D eigenvalue weighted by Gasteiger charge is 2.18. The zero-order valence-electron chi connectivity index (χ0n) is 21.8. The Hall–Kier alpha value is -5.30. The lowest BCUT2D eigenvalue weighted by molar-refractivity contribution is -0.118. The van der Waals surface area contributed by atoms with Crippen LogP contribution in [0.5, 0.6) is 5.88 Å². The van der Waals surface area contributed by atoms with E-state index in [2.05, 4.69) is 15.2 Å². The first-order chi connectivity index (χ1) is 19.7. The predicted octanol–water partition coefficient (Wildman–Crippen LogP) is 7.63. The molecule has 4 aromatic carbocycles. The van der Waals surface area contributed by atoms with Crippen LogP contribution < -0.4 is 0 Å². The molecule has 0 saturated carbocycles. The summed E-state index contributed by atoms with van der Waals surface area (Å²) in [4.78, 5) is 17.6. The van der Waals surface area contributed by atoms with Crippen molar-refractivity contribution in [3.8, 4) is 28.4 Å². The molecule has 40 heavy (non-hydrogen) atoms. The van der Waals surface area contributed by atoms with E-state index in [1.54, 1.807) is 10.9 Å². The maximum Gasteiger partial charge on any atom is 0.266 e. The smallest absolute Gasteiger partial charge is 0.266 e. The SMILES string of the molecule is O=C(CCn1cnc(-c2ccccc2)c1-c1ccccc1)N=Nc1c(O)n(Cc2ccccc2)c2ccccc12. The Morgan fingerprint density at radius 3 is 2.12 bits per heavy atom. The molecule has 6 rings (SSSR count). The molecule has 7 heteroatoms. The average Bonchev–Trinajstić information content (AvgIpc) is 3.55. The molecule has 0 aliphatic carbocycles. The molecule has 2 heterocycles. The molecule has 0 spiro atoms. The van der Waals surface area contributed by atoms with Gasteiger partial charge in [0.25, 0.3) is 5.91 Å². The van der Waals surface area contributed by atoms with E-state index in [4.69, 9.17) is 0 Å². The van der Waals surface area contributed by atoms with Gasteiger partial charge in [0, 0.05) is 29.5 Å². The van der Waals surface area contributed by atoms with Gasteiger partial charge in [-0.25, -0.2) is 4.98 Å². The van der Waals surface area contributed by atoms with E-state index in [9.17, 15) is 9.90 Å². The number of hydrogen-bond donors (Lipinski definition) is 1. The second-order valence-corrected chi connectivity index (χ2v) is 9.47. The van der Waals surface area contributed by atoms with Gasteiger partial charge in [0.1, 0.15) is 0 Å². The predicted molar refractivity (Wildman–Crippen MR) is 156 cm³/mol. The van der Waals surface area contributed by atoms with Gasteiger partial charge in [0.15, 0.2) is 5.69 Å². The molecule has 1 amide bonds. The molecule has 0 aliphatic heterocycles. The Kier molecular flexibility index (Phi) is 7.01. The fraction of sp³-hybridized carbons (Fsp3) is 0.0909. The van der Waals surface area contributed by atoms with E-state index in [-0.39, 0.29) is 18.2 Å². The summed E-state index contributed by atoms with van der Waals surface area (Å²) in [5.41, 5.74) is 5.98. The zero-order valence-corrected chi connectivity index (χ0v) is 21.8. The summed E-state index contributed by atoms with van der Waals surface area (Å²) < 4.78 is 3.76. The number of rotatable bonds is 8. The van der Waals surface area contributed by atoms with Crippen LogP contribution in [-0.2, 0) is 17.9 Å². The van der Waals surface area contributed by atoms with E-state index >= 15 is 0 Å². The van der Waals surface area contributed by atoms with Crippen molar-refractivity contribution >= 4 is 22.5 Å². The van der Waals surface area contributed by atoms with E-state index in [1.165, 1.54) is 0 Å². The number of carbonyl (C=O) groups is 1. The summed E-state index contributed by atoms with van der Waals surface area (Å²) in [6, 6.07) is 37.5. The number of aryl methyl sites for hydroxylation is 1. The minimum absolute atomic E-state index is 0.0184. The molecule has 0 atom stereocenters. The number of aromatic hydroxyl groups is 1. The first-order valence-electron chi connectivity index (χ1n) is 13.1. The lowest BCUT2D eigenvalue weighted by atomic mass is 10.0. The van der Waals surface area contributed by atoms with Gasteiger partial charge in [-0.15, -0.1) is 10.2 Å². The largest absolute Gasteiger partial charge is 0.493 e. The van der Waals surface area contributed by atoms with Crippen molar-refractivity contribution < 1.29 is 9.90 Å². The maximum absolute atomic E-state index is 12.9. The number of para-hydroxylation sites is 1. The van der Waals surface area contributed by atoms with Crippen LogP contribution in [-0.4, -0.2) is 25.1 Å². The normalized spacial score (nSPS) is 11.4.